The Morgan fingerprint density at radius 3 is 1.64 bits per heavy atom. The summed E-state index contributed by atoms with van der Waals surface area (Å²) in [5, 5.41) is 38.6. The lowest BCUT2D eigenvalue weighted by Gasteiger charge is -2.28. The molecule has 0 aromatic heterocycles. The quantitative estimate of drug-likeness (QED) is 0.0186. The van der Waals surface area contributed by atoms with Crippen LogP contribution in [0.25, 0.3) is 0 Å². The lowest BCUT2D eigenvalue weighted by Crippen LogP contribution is -2.60. The first kappa shape index (κ1) is 60.6. The molecule has 26 nitrogen and oxygen atoms in total. The number of nitrogens with zero attached hydrogens (tertiary/aromatic N) is 1. The summed E-state index contributed by atoms with van der Waals surface area (Å²) in [6.45, 7) is 8.53. The number of nitrogens with one attached hydrogen (secondary N) is 8. The van der Waals surface area contributed by atoms with Crippen molar-refractivity contribution >= 4 is 71.1 Å². The van der Waals surface area contributed by atoms with Crippen molar-refractivity contribution in [3.05, 3.63) is 35.9 Å². The Labute approximate surface area is 405 Å². The van der Waals surface area contributed by atoms with E-state index in [0.29, 0.717) is 5.56 Å². The molecule has 1 aromatic carbocycles. The Kier molecular flexibility index (Phi) is 26.8. The monoisotopic (exact) mass is 990 g/mol. The van der Waals surface area contributed by atoms with Crippen LogP contribution in [0.2, 0.25) is 0 Å². The molecule has 18 N–H and O–H groups in total. The summed E-state index contributed by atoms with van der Waals surface area (Å²) in [7, 11) is 0. The number of primary amides is 1. The topological polar surface area (TPSA) is 441 Å². The van der Waals surface area contributed by atoms with Gasteiger partial charge in [-0.05, 0) is 42.6 Å². The van der Waals surface area contributed by atoms with Gasteiger partial charge < -0.3 is 75.7 Å². The molecule has 1 rings (SSSR count). The van der Waals surface area contributed by atoms with Crippen molar-refractivity contribution in [2.75, 3.05) is 19.6 Å². The van der Waals surface area contributed by atoms with Crippen molar-refractivity contribution in [2.45, 2.75) is 129 Å². The van der Waals surface area contributed by atoms with E-state index < -0.39 is 151 Å². The first-order valence-corrected chi connectivity index (χ1v) is 22.7. The van der Waals surface area contributed by atoms with Crippen LogP contribution in [0.1, 0.15) is 85.6 Å². The number of aliphatic carboxylic acids is 2. The van der Waals surface area contributed by atoms with E-state index in [2.05, 4.69) is 47.5 Å². The van der Waals surface area contributed by atoms with Crippen LogP contribution in [0.4, 0.5) is 0 Å². The van der Waals surface area contributed by atoms with Crippen LogP contribution in [0, 0.1) is 17.8 Å². The van der Waals surface area contributed by atoms with Crippen molar-refractivity contribution in [1.29, 1.82) is 0 Å². The number of amides is 9. The van der Waals surface area contributed by atoms with E-state index in [4.69, 9.17) is 22.9 Å². The second-order valence-corrected chi connectivity index (χ2v) is 17.2. The second-order valence-electron chi connectivity index (χ2n) is 17.2. The predicted molar refractivity (Wildman–Crippen MR) is 253 cm³/mol. The van der Waals surface area contributed by atoms with Gasteiger partial charge in [0.1, 0.15) is 42.3 Å². The Morgan fingerprint density at radius 1 is 0.600 bits per heavy atom. The fourth-order valence-electron chi connectivity index (χ4n) is 6.59. The van der Waals surface area contributed by atoms with Gasteiger partial charge in [-0.2, -0.15) is 0 Å². The first-order valence-electron chi connectivity index (χ1n) is 22.7. The molecule has 0 saturated carbocycles. The summed E-state index contributed by atoms with van der Waals surface area (Å²) in [5.41, 5.74) is 22.3. The Bertz CT molecular complexity index is 2020. The predicted octanol–water partition coefficient (Wildman–Crippen LogP) is -4.07. The number of rotatable bonds is 32. The zero-order chi connectivity index (χ0) is 53.2. The van der Waals surface area contributed by atoms with Gasteiger partial charge in [0.2, 0.25) is 53.2 Å². The molecule has 0 radical (unpaired) electrons. The minimum atomic E-state index is -1.83. The molecule has 70 heavy (non-hydrogen) atoms. The molecule has 0 aliphatic carbocycles. The molecule has 1 aromatic rings. The molecule has 0 unspecified atom stereocenters. The van der Waals surface area contributed by atoms with Gasteiger partial charge in [0.05, 0.1) is 19.5 Å². The van der Waals surface area contributed by atoms with Crippen molar-refractivity contribution in [3.8, 4) is 0 Å². The van der Waals surface area contributed by atoms with Crippen molar-refractivity contribution in [3.63, 3.8) is 0 Å². The lowest BCUT2D eigenvalue weighted by molar-refractivity contribution is -0.144. The molecule has 8 atom stereocenters. The third kappa shape index (κ3) is 22.6. The zero-order valence-electron chi connectivity index (χ0n) is 40.4. The molecule has 0 heterocycles. The van der Waals surface area contributed by atoms with Gasteiger partial charge >= 0.3 is 11.9 Å². The number of carboxylic acid groups (broad SMARTS) is 2. The van der Waals surface area contributed by atoms with Gasteiger partial charge in [-0.15, -0.1) is 0 Å². The third-order valence-corrected chi connectivity index (χ3v) is 10.7. The maximum Gasteiger partial charge on any atom is 0.326 e. The summed E-state index contributed by atoms with van der Waals surface area (Å²) in [6, 6.07) is -1.35. The SMILES string of the molecule is CC[C@H](C)[C@H](NC(=O)CNC(=O)[C@H](CCCN=C(N)N)NC(=O)[C@H](Cc1ccccc1)NC(=O)[C@@H](NC(=O)CN)C(C)C)C(=O)N[C@@H](CCC(N)=O)C(=O)N[C@@H](CC(=O)O)C(=O)N[C@H](C(=O)O)C(C)C. The molecule has 0 aliphatic heterocycles. The van der Waals surface area contributed by atoms with E-state index in [1.54, 1.807) is 58.0 Å². The molecular formula is C44H71N13O13. The Morgan fingerprint density at radius 2 is 1.11 bits per heavy atom. The number of carboxylic acids is 2. The van der Waals surface area contributed by atoms with Crippen LogP contribution >= 0.6 is 0 Å². The Hall–Kier alpha value is -7.38. The summed E-state index contributed by atoms with van der Waals surface area (Å²) >= 11 is 0. The molecule has 9 amide bonds. The highest BCUT2D eigenvalue weighted by molar-refractivity contribution is 5.98. The minimum Gasteiger partial charge on any atom is -0.481 e. The maximum absolute atomic E-state index is 14.0. The highest BCUT2D eigenvalue weighted by Crippen LogP contribution is 2.12. The molecule has 0 fully saturated rings. The van der Waals surface area contributed by atoms with Crippen molar-refractivity contribution in [1.82, 2.24) is 42.5 Å². The second kappa shape index (κ2) is 30.9. The first-order chi connectivity index (χ1) is 32.8. The number of carbonyl (C=O) groups excluding carboxylic acids is 9. The molecule has 0 spiro atoms. The van der Waals surface area contributed by atoms with Gasteiger partial charge in [0, 0.05) is 19.4 Å². The number of nitrogens with two attached hydrogens (primary N) is 4. The van der Waals surface area contributed by atoms with E-state index in [1.807, 2.05) is 0 Å². The summed E-state index contributed by atoms with van der Waals surface area (Å²) < 4.78 is 0. The average molecular weight is 990 g/mol. The molecule has 0 saturated heterocycles. The van der Waals surface area contributed by atoms with Crippen LogP contribution in [0.15, 0.2) is 35.3 Å². The number of aliphatic imine (C=N–C) groups is 1. The van der Waals surface area contributed by atoms with Gasteiger partial charge in [-0.25, -0.2) is 4.79 Å². The van der Waals surface area contributed by atoms with E-state index in [1.165, 1.54) is 13.8 Å². The van der Waals surface area contributed by atoms with Crippen LogP contribution in [-0.4, -0.2) is 143 Å². The van der Waals surface area contributed by atoms with Gasteiger partial charge in [-0.1, -0.05) is 78.3 Å². The van der Waals surface area contributed by atoms with E-state index in [0.717, 1.165) is 0 Å². The maximum atomic E-state index is 14.0. The average Bonchev–Trinajstić information content (AvgIpc) is 3.29. The molecule has 0 aliphatic rings. The summed E-state index contributed by atoms with van der Waals surface area (Å²) in [4.78, 5) is 146. The highest BCUT2D eigenvalue weighted by atomic mass is 16.4. The van der Waals surface area contributed by atoms with Crippen molar-refractivity contribution < 1.29 is 63.0 Å². The van der Waals surface area contributed by atoms with Crippen LogP contribution < -0.4 is 65.5 Å². The standard InChI is InChI=1S/C44H71N13O13/c1-7-24(6)36(42(68)52-27(15-16-30(46)58)38(64)53-29(19-33(61)62)40(66)57-35(23(4)5)43(69)70)56-32(60)21-50-37(63)26(14-11-17-49-44(47)48)51-39(65)28(18-25-12-9-8-10-13-25)54-41(67)34(22(2)3)55-31(59)20-45/h8-10,12-13,22-24,26-29,34-36H,7,11,14-21,45H2,1-6H3,(H2,46,58)(H,50,63)(H,51,65)(H,52,68)(H,53,64)(H,54,67)(H,55,59)(H,56,60)(H,57,66)(H,61,62)(H,69,70)(H4,47,48,49)/t24-,26-,27-,28-,29-,34-,35-,36-/m0/s1. The van der Waals surface area contributed by atoms with Crippen molar-refractivity contribution in [2.24, 2.45) is 45.7 Å². The minimum absolute atomic E-state index is 0.0350. The normalized spacial score (nSPS) is 14.4. The van der Waals surface area contributed by atoms with Crippen LogP contribution in [0.3, 0.4) is 0 Å². The number of hydrogen-bond donors (Lipinski definition) is 14. The van der Waals surface area contributed by atoms with E-state index >= 15 is 0 Å². The third-order valence-electron chi connectivity index (χ3n) is 10.7. The van der Waals surface area contributed by atoms with Gasteiger partial charge in [-0.3, -0.25) is 52.9 Å². The fraction of sp³-hybridized carbons (Fsp3) is 0.591. The lowest BCUT2D eigenvalue weighted by atomic mass is 9.97. The number of benzene rings is 1. The zero-order valence-corrected chi connectivity index (χ0v) is 40.4. The van der Waals surface area contributed by atoms with Crippen LogP contribution in [0.5, 0.6) is 0 Å². The molecule has 0 bridgehead atoms. The van der Waals surface area contributed by atoms with Gasteiger partial charge in [0.15, 0.2) is 5.96 Å². The van der Waals surface area contributed by atoms with E-state index in [-0.39, 0.29) is 44.7 Å². The largest absolute Gasteiger partial charge is 0.481 e. The smallest absolute Gasteiger partial charge is 0.326 e. The molecule has 390 valence electrons. The molecule has 26 heteroatoms. The highest BCUT2D eigenvalue weighted by Gasteiger charge is 2.35. The fourth-order valence-corrected chi connectivity index (χ4v) is 6.59. The summed E-state index contributed by atoms with van der Waals surface area (Å²) in [6.07, 6.45) is -1.56. The van der Waals surface area contributed by atoms with Crippen LogP contribution in [-0.2, 0) is 59.2 Å². The number of carbonyl (C=O) groups is 11. The van der Waals surface area contributed by atoms with Gasteiger partial charge in [0.25, 0.3) is 0 Å². The molecular weight excluding hydrogens is 919 g/mol. The Balaban J connectivity index is 3.38. The number of guanidine groups is 1. The summed E-state index contributed by atoms with van der Waals surface area (Å²) in [5.74, 6) is -12.8. The number of hydrogen-bond acceptors (Lipinski definition) is 13. The van der Waals surface area contributed by atoms with E-state index in [9.17, 15) is 63.0 Å².